The Labute approximate surface area is 103 Å². The number of methoxy groups -OCH3 is 1. The van der Waals surface area contributed by atoms with Crippen LogP contribution in [0.25, 0.3) is 11.1 Å². The number of anilines is 1. The molecule has 0 aliphatic carbocycles. The maximum Gasteiger partial charge on any atom is 0.182 e. The standard InChI is InChI=1S/C12H13F2N3O/c1-18-5-4-17-7-8(6-16-17)9-2-3-10(15)12(14)11(9)13/h2-3,6-7H,4-5,15H2,1H3. The van der Waals surface area contributed by atoms with Gasteiger partial charge in [-0.25, -0.2) is 8.78 Å². The van der Waals surface area contributed by atoms with Gasteiger partial charge in [-0.15, -0.1) is 0 Å². The maximum atomic E-state index is 13.7. The van der Waals surface area contributed by atoms with Crippen molar-refractivity contribution in [3.05, 3.63) is 36.2 Å². The van der Waals surface area contributed by atoms with Crippen molar-refractivity contribution in [3.63, 3.8) is 0 Å². The second kappa shape index (κ2) is 5.14. The summed E-state index contributed by atoms with van der Waals surface area (Å²) in [5, 5.41) is 4.04. The highest BCUT2D eigenvalue weighted by atomic mass is 19.2. The third-order valence-electron chi connectivity index (χ3n) is 2.58. The van der Waals surface area contributed by atoms with Crippen molar-refractivity contribution in [3.8, 4) is 11.1 Å². The number of ether oxygens (including phenoxy) is 1. The molecule has 0 atom stereocenters. The Morgan fingerprint density at radius 1 is 1.33 bits per heavy atom. The quantitative estimate of drug-likeness (QED) is 0.848. The van der Waals surface area contributed by atoms with Crippen LogP contribution in [-0.4, -0.2) is 23.5 Å². The molecular formula is C12H13F2N3O. The third-order valence-corrected chi connectivity index (χ3v) is 2.58. The van der Waals surface area contributed by atoms with Crippen LogP contribution in [0.4, 0.5) is 14.5 Å². The Hall–Kier alpha value is -1.95. The zero-order chi connectivity index (χ0) is 13.1. The number of nitrogens with zero attached hydrogens (tertiary/aromatic N) is 2. The highest BCUT2D eigenvalue weighted by Gasteiger charge is 2.14. The molecular weight excluding hydrogens is 240 g/mol. The predicted octanol–water partition coefficient (Wildman–Crippen LogP) is 2.06. The molecule has 0 spiro atoms. The number of rotatable bonds is 4. The lowest BCUT2D eigenvalue weighted by Crippen LogP contribution is -2.03. The van der Waals surface area contributed by atoms with Crippen LogP contribution in [0.2, 0.25) is 0 Å². The molecule has 0 saturated heterocycles. The Balaban J connectivity index is 2.31. The van der Waals surface area contributed by atoms with Gasteiger partial charge in [-0.2, -0.15) is 5.10 Å². The number of hydrogen-bond acceptors (Lipinski definition) is 3. The van der Waals surface area contributed by atoms with Crippen molar-refractivity contribution in [2.24, 2.45) is 0 Å². The summed E-state index contributed by atoms with van der Waals surface area (Å²) in [6.45, 7) is 1.05. The second-order valence-corrected chi connectivity index (χ2v) is 3.82. The third kappa shape index (κ3) is 2.33. The van der Waals surface area contributed by atoms with Gasteiger partial charge in [0.25, 0.3) is 0 Å². The zero-order valence-corrected chi connectivity index (χ0v) is 9.86. The number of hydrogen-bond donors (Lipinski definition) is 1. The van der Waals surface area contributed by atoms with Crippen LogP contribution in [0.15, 0.2) is 24.5 Å². The average molecular weight is 253 g/mol. The molecule has 18 heavy (non-hydrogen) atoms. The first kappa shape index (κ1) is 12.5. The van der Waals surface area contributed by atoms with E-state index in [4.69, 9.17) is 10.5 Å². The molecule has 1 heterocycles. The van der Waals surface area contributed by atoms with Gasteiger partial charge in [-0.1, -0.05) is 0 Å². The zero-order valence-electron chi connectivity index (χ0n) is 9.86. The molecule has 0 fully saturated rings. The number of aromatic nitrogens is 2. The van der Waals surface area contributed by atoms with E-state index in [9.17, 15) is 8.78 Å². The molecule has 0 saturated carbocycles. The highest BCUT2D eigenvalue weighted by molar-refractivity contribution is 5.65. The van der Waals surface area contributed by atoms with Gasteiger partial charge in [0.05, 0.1) is 25.0 Å². The van der Waals surface area contributed by atoms with Gasteiger partial charge >= 0.3 is 0 Å². The molecule has 2 N–H and O–H groups in total. The lowest BCUT2D eigenvalue weighted by atomic mass is 10.1. The maximum absolute atomic E-state index is 13.7. The van der Waals surface area contributed by atoms with E-state index < -0.39 is 11.6 Å². The molecule has 96 valence electrons. The van der Waals surface area contributed by atoms with Gasteiger partial charge in [0.1, 0.15) is 0 Å². The van der Waals surface area contributed by atoms with E-state index in [2.05, 4.69) is 5.10 Å². The smallest absolute Gasteiger partial charge is 0.182 e. The molecule has 4 nitrogen and oxygen atoms in total. The Bertz CT molecular complexity index is 554. The Morgan fingerprint density at radius 3 is 2.83 bits per heavy atom. The monoisotopic (exact) mass is 253 g/mol. The molecule has 0 aliphatic rings. The topological polar surface area (TPSA) is 53.1 Å². The number of benzene rings is 1. The summed E-state index contributed by atoms with van der Waals surface area (Å²) in [5.74, 6) is -1.99. The number of nitrogens with two attached hydrogens (primary N) is 1. The second-order valence-electron chi connectivity index (χ2n) is 3.82. The SMILES string of the molecule is COCCn1cc(-c2ccc(N)c(F)c2F)cn1. The average Bonchev–Trinajstić information content (AvgIpc) is 2.82. The van der Waals surface area contributed by atoms with E-state index in [1.165, 1.54) is 18.3 Å². The lowest BCUT2D eigenvalue weighted by Gasteiger charge is -2.03. The fraction of sp³-hybridized carbons (Fsp3) is 0.250. The minimum atomic E-state index is -1.03. The first-order chi connectivity index (χ1) is 8.63. The minimum absolute atomic E-state index is 0.144. The van der Waals surface area contributed by atoms with Gasteiger partial charge in [0.15, 0.2) is 11.6 Å². The predicted molar refractivity (Wildman–Crippen MR) is 63.9 cm³/mol. The van der Waals surface area contributed by atoms with E-state index in [-0.39, 0.29) is 11.3 Å². The van der Waals surface area contributed by atoms with E-state index >= 15 is 0 Å². The molecule has 0 amide bonds. The molecule has 2 aromatic rings. The Kier molecular flexibility index (Phi) is 3.57. The van der Waals surface area contributed by atoms with Crippen LogP contribution in [0.5, 0.6) is 0 Å². The first-order valence-electron chi connectivity index (χ1n) is 5.38. The van der Waals surface area contributed by atoms with Gasteiger partial charge in [-0.05, 0) is 12.1 Å². The lowest BCUT2D eigenvalue weighted by molar-refractivity contribution is 0.183. The fourth-order valence-electron chi connectivity index (χ4n) is 1.60. The van der Waals surface area contributed by atoms with Crippen LogP contribution in [0, 0.1) is 11.6 Å². The summed E-state index contributed by atoms with van der Waals surface area (Å²) in [7, 11) is 1.58. The van der Waals surface area contributed by atoms with Crippen molar-refractivity contribution < 1.29 is 13.5 Å². The molecule has 0 bridgehead atoms. The summed E-state index contributed by atoms with van der Waals surface area (Å²) < 4.78 is 33.5. The van der Waals surface area contributed by atoms with E-state index in [1.54, 1.807) is 18.0 Å². The molecule has 1 aromatic carbocycles. The van der Waals surface area contributed by atoms with E-state index in [0.29, 0.717) is 18.7 Å². The van der Waals surface area contributed by atoms with Crippen LogP contribution >= 0.6 is 0 Å². The van der Waals surface area contributed by atoms with Crippen LogP contribution in [0.1, 0.15) is 0 Å². The molecule has 0 unspecified atom stereocenters. The van der Waals surface area contributed by atoms with Crippen LogP contribution in [0.3, 0.4) is 0 Å². The van der Waals surface area contributed by atoms with Crippen LogP contribution < -0.4 is 5.73 Å². The summed E-state index contributed by atoms with van der Waals surface area (Å²) in [4.78, 5) is 0. The van der Waals surface area contributed by atoms with E-state index in [1.807, 2.05) is 0 Å². The molecule has 0 aliphatic heterocycles. The van der Waals surface area contributed by atoms with Crippen molar-refractivity contribution in [2.75, 3.05) is 19.5 Å². The largest absolute Gasteiger partial charge is 0.396 e. The van der Waals surface area contributed by atoms with Crippen molar-refractivity contribution in [1.29, 1.82) is 0 Å². The minimum Gasteiger partial charge on any atom is -0.396 e. The number of halogens is 2. The van der Waals surface area contributed by atoms with Crippen molar-refractivity contribution in [1.82, 2.24) is 9.78 Å². The summed E-state index contributed by atoms with van der Waals surface area (Å²) in [6.07, 6.45) is 3.11. The van der Waals surface area contributed by atoms with Gasteiger partial charge in [0, 0.05) is 24.4 Å². The van der Waals surface area contributed by atoms with Crippen molar-refractivity contribution in [2.45, 2.75) is 6.54 Å². The fourth-order valence-corrected chi connectivity index (χ4v) is 1.60. The molecule has 1 aromatic heterocycles. The molecule has 2 rings (SSSR count). The first-order valence-corrected chi connectivity index (χ1v) is 5.38. The van der Waals surface area contributed by atoms with Gasteiger partial charge in [-0.3, -0.25) is 4.68 Å². The normalized spacial score (nSPS) is 10.8. The Morgan fingerprint density at radius 2 is 2.11 bits per heavy atom. The van der Waals surface area contributed by atoms with Gasteiger partial charge in [0.2, 0.25) is 0 Å². The van der Waals surface area contributed by atoms with Crippen molar-refractivity contribution >= 4 is 5.69 Å². The van der Waals surface area contributed by atoms with Gasteiger partial charge < -0.3 is 10.5 Å². The summed E-state index contributed by atoms with van der Waals surface area (Å²) in [5.41, 5.74) is 5.73. The summed E-state index contributed by atoms with van der Waals surface area (Å²) >= 11 is 0. The van der Waals surface area contributed by atoms with Crippen LogP contribution in [-0.2, 0) is 11.3 Å². The molecule has 6 heteroatoms. The number of nitrogen functional groups attached to an aromatic ring is 1. The highest BCUT2D eigenvalue weighted by Crippen LogP contribution is 2.26. The summed E-state index contributed by atoms with van der Waals surface area (Å²) in [6, 6.07) is 2.77. The van der Waals surface area contributed by atoms with E-state index in [0.717, 1.165) is 0 Å². The molecule has 0 radical (unpaired) electrons.